The zero-order valence-electron chi connectivity index (χ0n) is 20.9. The van der Waals surface area contributed by atoms with Gasteiger partial charge in [0.1, 0.15) is 16.9 Å². The lowest BCUT2D eigenvalue weighted by Crippen LogP contribution is -2.15. The van der Waals surface area contributed by atoms with Gasteiger partial charge in [0.2, 0.25) is 0 Å². The molecule has 3 aromatic carbocycles. The number of ether oxygens (including phenoxy) is 2. The van der Waals surface area contributed by atoms with Crippen LogP contribution in [-0.2, 0) is 0 Å². The second kappa shape index (κ2) is 9.62. The molecule has 0 radical (unpaired) electrons. The Morgan fingerprint density at radius 2 is 1.70 bits per heavy atom. The minimum Gasteiger partial charge on any atom is -0.493 e. The first-order valence-corrected chi connectivity index (χ1v) is 11.6. The van der Waals surface area contributed by atoms with Crippen molar-refractivity contribution in [2.24, 2.45) is 5.10 Å². The summed E-state index contributed by atoms with van der Waals surface area (Å²) in [6.45, 7) is 3.90. The number of fused-ring (bicyclic) bond motifs is 2. The highest BCUT2D eigenvalue weighted by Crippen LogP contribution is 2.30. The van der Waals surface area contributed by atoms with Gasteiger partial charge >= 0.3 is 0 Å². The number of nitrogens with two attached hydrogens (primary N) is 1. The zero-order chi connectivity index (χ0) is 26.1. The van der Waals surface area contributed by atoms with Crippen LogP contribution >= 0.6 is 0 Å². The fourth-order valence-electron chi connectivity index (χ4n) is 4.10. The number of anilines is 2. The van der Waals surface area contributed by atoms with Gasteiger partial charge in [-0.05, 0) is 66.9 Å². The maximum Gasteiger partial charge on any atom is 0.261 e. The summed E-state index contributed by atoms with van der Waals surface area (Å²) in [4.78, 5) is 23.0. The molecule has 0 saturated heterocycles. The number of amides is 1. The van der Waals surface area contributed by atoms with Crippen LogP contribution in [0.4, 0.5) is 11.5 Å². The van der Waals surface area contributed by atoms with E-state index in [9.17, 15) is 4.79 Å². The molecule has 2 heterocycles. The van der Waals surface area contributed by atoms with Crippen molar-refractivity contribution in [1.82, 2.24) is 14.6 Å². The lowest BCUT2D eigenvalue weighted by atomic mass is 10.1. The van der Waals surface area contributed by atoms with E-state index >= 15 is 0 Å². The number of para-hydroxylation sites is 2. The number of nitrogens with zero attached hydrogens (tertiary/aromatic N) is 4. The molecule has 5 rings (SSSR count). The largest absolute Gasteiger partial charge is 0.493 e. The van der Waals surface area contributed by atoms with Crippen LogP contribution in [0.2, 0.25) is 0 Å². The number of aromatic nitrogens is 3. The van der Waals surface area contributed by atoms with Crippen LogP contribution in [0, 0.1) is 13.8 Å². The van der Waals surface area contributed by atoms with Gasteiger partial charge in [0.15, 0.2) is 17.1 Å². The molecule has 2 aromatic heterocycles. The van der Waals surface area contributed by atoms with E-state index in [2.05, 4.69) is 10.4 Å². The summed E-state index contributed by atoms with van der Waals surface area (Å²) in [7, 11) is 3.14. The number of nitrogen functional groups attached to an aromatic ring is 1. The Balaban J connectivity index is 1.64. The molecule has 0 aliphatic heterocycles. The number of hydrogen-bond acceptors (Lipinski definition) is 7. The fraction of sp³-hybridized carbons (Fsp3) is 0.143. The highest BCUT2D eigenvalue weighted by atomic mass is 16.5. The number of carbonyl (C=O) groups is 1. The quantitative estimate of drug-likeness (QED) is 0.323. The fourth-order valence-corrected chi connectivity index (χ4v) is 4.10. The zero-order valence-corrected chi connectivity index (χ0v) is 20.9. The molecule has 5 aromatic rings. The van der Waals surface area contributed by atoms with Gasteiger partial charge in [0.25, 0.3) is 5.91 Å². The molecule has 9 heteroatoms. The van der Waals surface area contributed by atoms with E-state index < -0.39 is 0 Å². The Kier molecular flexibility index (Phi) is 6.19. The normalized spacial score (nSPS) is 11.4. The first-order chi connectivity index (χ1) is 17.9. The van der Waals surface area contributed by atoms with Crippen LogP contribution in [0.5, 0.6) is 11.5 Å². The molecule has 0 aliphatic rings. The summed E-state index contributed by atoms with van der Waals surface area (Å²) < 4.78 is 12.1. The van der Waals surface area contributed by atoms with Crippen LogP contribution in [0.1, 0.15) is 27.0 Å². The van der Waals surface area contributed by atoms with Gasteiger partial charge in [-0.1, -0.05) is 24.3 Å². The van der Waals surface area contributed by atoms with Crippen molar-refractivity contribution in [2.75, 3.05) is 25.3 Å². The summed E-state index contributed by atoms with van der Waals surface area (Å²) in [6, 6.07) is 18.7. The summed E-state index contributed by atoms with van der Waals surface area (Å²) in [5, 5.41) is 7.55. The second-order valence-electron chi connectivity index (χ2n) is 8.59. The van der Waals surface area contributed by atoms with Crippen LogP contribution in [0.15, 0.2) is 65.8 Å². The smallest absolute Gasteiger partial charge is 0.261 e. The molecule has 0 saturated carbocycles. The van der Waals surface area contributed by atoms with Crippen molar-refractivity contribution in [1.29, 1.82) is 0 Å². The summed E-state index contributed by atoms with van der Waals surface area (Å²) in [6.07, 6.45) is 1.61. The van der Waals surface area contributed by atoms with Crippen molar-refractivity contribution < 1.29 is 14.3 Å². The first-order valence-electron chi connectivity index (χ1n) is 11.6. The van der Waals surface area contributed by atoms with Gasteiger partial charge in [0.05, 0.1) is 31.5 Å². The molecule has 0 fully saturated rings. The van der Waals surface area contributed by atoms with Crippen molar-refractivity contribution in [3.05, 3.63) is 82.9 Å². The van der Waals surface area contributed by atoms with E-state index in [1.54, 1.807) is 32.6 Å². The van der Waals surface area contributed by atoms with Gasteiger partial charge in [-0.2, -0.15) is 9.78 Å². The summed E-state index contributed by atoms with van der Waals surface area (Å²) >= 11 is 0. The second-order valence-corrected chi connectivity index (χ2v) is 8.59. The molecular formula is C28H26N6O3. The number of methoxy groups -OCH3 is 2. The van der Waals surface area contributed by atoms with E-state index in [1.165, 1.54) is 4.68 Å². The molecule has 0 unspecified atom stereocenters. The maximum atomic E-state index is 13.5. The van der Waals surface area contributed by atoms with Gasteiger partial charge in [-0.15, -0.1) is 0 Å². The predicted molar refractivity (Wildman–Crippen MR) is 146 cm³/mol. The van der Waals surface area contributed by atoms with Gasteiger partial charge in [0, 0.05) is 5.69 Å². The molecule has 0 spiro atoms. The standard InChI is InChI=1S/C28H26N6O3/c1-16-9-10-17(2)21(13-16)33-28(35)24-25-27(32-20-8-6-5-7-19(20)31-25)34(26(24)29)30-15-18-11-12-22(36-3)23(14-18)37-4/h5-15H,29H2,1-4H3,(H,33,35). The number of carbonyl (C=O) groups excluding carboxylic acids is 1. The lowest BCUT2D eigenvalue weighted by molar-refractivity contribution is 0.102. The Morgan fingerprint density at radius 1 is 0.973 bits per heavy atom. The monoisotopic (exact) mass is 494 g/mol. The third-order valence-corrected chi connectivity index (χ3v) is 6.07. The molecule has 0 bridgehead atoms. The number of hydrogen-bond donors (Lipinski definition) is 2. The van der Waals surface area contributed by atoms with Crippen LogP contribution < -0.4 is 20.5 Å². The van der Waals surface area contributed by atoms with Crippen LogP contribution in [0.3, 0.4) is 0 Å². The average Bonchev–Trinajstić information content (AvgIpc) is 3.17. The minimum absolute atomic E-state index is 0.129. The average molecular weight is 495 g/mol. The number of benzene rings is 3. The molecule has 3 N–H and O–H groups in total. The third kappa shape index (κ3) is 4.42. The molecule has 9 nitrogen and oxygen atoms in total. The minimum atomic E-state index is -0.388. The topological polar surface area (TPSA) is 117 Å². The van der Waals surface area contributed by atoms with Crippen LogP contribution in [0.25, 0.3) is 22.2 Å². The molecule has 0 aliphatic carbocycles. The SMILES string of the molecule is COc1ccc(C=Nn2c(N)c(C(=O)Nc3cc(C)ccc3C)c3nc4ccccc4nc32)cc1OC. The van der Waals surface area contributed by atoms with Crippen molar-refractivity contribution in [3.8, 4) is 11.5 Å². The van der Waals surface area contributed by atoms with E-state index in [1.807, 2.05) is 62.4 Å². The van der Waals surface area contributed by atoms with Crippen LogP contribution in [-0.4, -0.2) is 41.0 Å². The van der Waals surface area contributed by atoms with E-state index in [0.717, 1.165) is 16.7 Å². The Bertz CT molecular complexity index is 1690. The third-order valence-electron chi connectivity index (χ3n) is 6.07. The van der Waals surface area contributed by atoms with E-state index in [0.29, 0.717) is 39.4 Å². The summed E-state index contributed by atoms with van der Waals surface area (Å²) in [5.74, 6) is 0.912. The maximum absolute atomic E-state index is 13.5. The molecular weight excluding hydrogens is 468 g/mol. The first kappa shape index (κ1) is 23.8. The van der Waals surface area contributed by atoms with Crippen molar-refractivity contribution in [3.63, 3.8) is 0 Å². The van der Waals surface area contributed by atoms with Gasteiger partial charge in [-0.25, -0.2) is 9.97 Å². The number of rotatable bonds is 6. The molecule has 1 amide bonds. The highest BCUT2D eigenvalue weighted by molar-refractivity contribution is 6.16. The van der Waals surface area contributed by atoms with E-state index in [4.69, 9.17) is 25.2 Å². The lowest BCUT2D eigenvalue weighted by Gasteiger charge is -2.09. The number of aryl methyl sites for hydroxylation is 2. The van der Waals surface area contributed by atoms with E-state index in [-0.39, 0.29) is 17.3 Å². The highest BCUT2D eigenvalue weighted by Gasteiger charge is 2.24. The molecule has 37 heavy (non-hydrogen) atoms. The van der Waals surface area contributed by atoms with Crippen molar-refractivity contribution >= 4 is 45.8 Å². The van der Waals surface area contributed by atoms with Gasteiger partial charge < -0.3 is 20.5 Å². The Labute approximate surface area is 213 Å². The Morgan fingerprint density at radius 3 is 2.43 bits per heavy atom. The number of nitrogens with one attached hydrogen (secondary N) is 1. The van der Waals surface area contributed by atoms with Crippen molar-refractivity contribution in [2.45, 2.75) is 13.8 Å². The predicted octanol–water partition coefficient (Wildman–Crippen LogP) is 4.94. The molecule has 186 valence electrons. The Hall–Kier alpha value is -4.92. The summed E-state index contributed by atoms with van der Waals surface area (Å²) in [5.41, 5.74) is 12.2. The molecule has 0 atom stereocenters. The van der Waals surface area contributed by atoms with Gasteiger partial charge in [-0.3, -0.25) is 4.79 Å².